The van der Waals surface area contributed by atoms with Crippen molar-refractivity contribution >= 4 is 6.03 Å². The highest BCUT2D eigenvalue weighted by molar-refractivity contribution is 5.74. The van der Waals surface area contributed by atoms with Gasteiger partial charge in [-0.1, -0.05) is 19.1 Å². The molecule has 27 heavy (non-hydrogen) atoms. The van der Waals surface area contributed by atoms with E-state index in [0.717, 1.165) is 37.2 Å². The number of ether oxygens (including phenoxy) is 2. The first-order chi connectivity index (χ1) is 13.2. The number of carbonyl (C=O) groups excluding carboxylic acids is 1. The molecule has 0 aliphatic carbocycles. The van der Waals surface area contributed by atoms with Crippen LogP contribution in [0.3, 0.4) is 0 Å². The van der Waals surface area contributed by atoms with E-state index in [1.807, 2.05) is 29.3 Å². The van der Waals surface area contributed by atoms with Gasteiger partial charge in [0, 0.05) is 43.5 Å². The van der Waals surface area contributed by atoms with E-state index in [9.17, 15) is 4.79 Å². The molecule has 1 fully saturated rings. The average Bonchev–Trinajstić information content (AvgIpc) is 3.25. The van der Waals surface area contributed by atoms with Crippen molar-refractivity contribution < 1.29 is 14.3 Å². The van der Waals surface area contributed by atoms with Gasteiger partial charge in [-0.05, 0) is 25.3 Å². The minimum atomic E-state index is -0.0597. The Morgan fingerprint density at radius 2 is 2.33 bits per heavy atom. The van der Waals surface area contributed by atoms with Gasteiger partial charge >= 0.3 is 6.03 Å². The van der Waals surface area contributed by atoms with Gasteiger partial charge in [0.2, 0.25) is 0 Å². The van der Waals surface area contributed by atoms with Crippen LogP contribution in [0.15, 0.2) is 30.6 Å². The van der Waals surface area contributed by atoms with Crippen molar-refractivity contribution in [2.75, 3.05) is 26.8 Å². The number of rotatable bonds is 7. The van der Waals surface area contributed by atoms with Gasteiger partial charge in [-0.25, -0.2) is 9.78 Å². The van der Waals surface area contributed by atoms with Crippen LogP contribution >= 0.6 is 0 Å². The molecule has 0 unspecified atom stereocenters. The van der Waals surface area contributed by atoms with Crippen LogP contribution in [0.25, 0.3) is 0 Å². The van der Waals surface area contributed by atoms with Crippen LogP contribution in [0.4, 0.5) is 4.79 Å². The smallest absolute Gasteiger partial charge is 0.317 e. The van der Waals surface area contributed by atoms with Crippen molar-refractivity contribution in [3.05, 3.63) is 42.0 Å². The minimum absolute atomic E-state index is 0.0597. The summed E-state index contributed by atoms with van der Waals surface area (Å²) in [7, 11) is 1.62. The van der Waals surface area contributed by atoms with Crippen molar-refractivity contribution in [1.29, 1.82) is 0 Å². The van der Waals surface area contributed by atoms with Gasteiger partial charge in [-0.15, -0.1) is 0 Å². The fourth-order valence-electron chi connectivity index (χ4n) is 3.40. The molecule has 1 aromatic carbocycles. The third kappa shape index (κ3) is 4.72. The Balaban J connectivity index is 1.62. The minimum Gasteiger partial charge on any atom is -0.493 e. The topological polar surface area (TPSA) is 79.5 Å². The predicted molar refractivity (Wildman–Crippen MR) is 103 cm³/mol. The van der Waals surface area contributed by atoms with Gasteiger partial charge < -0.3 is 24.7 Å². The first-order valence-electron chi connectivity index (χ1n) is 9.53. The summed E-state index contributed by atoms with van der Waals surface area (Å²) in [5, 5.41) is 3.02. The Kier molecular flexibility index (Phi) is 6.57. The summed E-state index contributed by atoms with van der Waals surface area (Å²) in [4.78, 5) is 22.0. The Bertz CT molecular complexity index is 733. The second-order valence-corrected chi connectivity index (χ2v) is 6.72. The number of nitrogens with one attached hydrogen (secondary N) is 2. The fourth-order valence-corrected chi connectivity index (χ4v) is 3.40. The molecule has 2 amide bonds. The summed E-state index contributed by atoms with van der Waals surface area (Å²) < 4.78 is 11.3. The lowest BCUT2D eigenvalue weighted by molar-refractivity contribution is 0.178. The molecule has 2 aromatic rings. The molecule has 0 radical (unpaired) electrons. The maximum Gasteiger partial charge on any atom is 0.317 e. The molecule has 7 nitrogen and oxygen atoms in total. The molecule has 2 heterocycles. The van der Waals surface area contributed by atoms with E-state index in [-0.39, 0.29) is 11.9 Å². The number of carbonyl (C=O) groups is 1. The Morgan fingerprint density at radius 3 is 3.07 bits per heavy atom. The van der Waals surface area contributed by atoms with Crippen molar-refractivity contribution in [3.63, 3.8) is 0 Å². The Morgan fingerprint density at radius 1 is 1.44 bits per heavy atom. The molecular formula is C20H28N4O3. The molecule has 0 bridgehead atoms. The van der Waals surface area contributed by atoms with Gasteiger partial charge in [0.25, 0.3) is 0 Å². The maximum atomic E-state index is 12.7. The second kappa shape index (κ2) is 9.30. The number of hydrogen-bond acceptors (Lipinski definition) is 4. The number of methoxy groups -OCH3 is 1. The molecule has 0 spiro atoms. The first-order valence-corrected chi connectivity index (χ1v) is 9.53. The molecule has 1 atom stereocenters. The number of aromatic amines is 1. The molecule has 146 valence electrons. The number of H-pyrrole nitrogens is 1. The highest BCUT2D eigenvalue weighted by Gasteiger charge is 2.26. The van der Waals surface area contributed by atoms with Crippen molar-refractivity contribution in [3.8, 4) is 11.5 Å². The van der Waals surface area contributed by atoms with Gasteiger partial charge in [0.05, 0.1) is 13.7 Å². The van der Waals surface area contributed by atoms with Gasteiger partial charge in [0.15, 0.2) is 11.5 Å². The van der Waals surface area contributed by atoms with Crippen LogP contribution in [0, 0.1) is 0 Å². The van der Waals surface area contributed by atoms with Crippen LogP contribution in [0.5, 0.6) is 11.5 Å². The first kappa shape index (κ1) is 19.1. The summed E-state index contributed by atoms with van der Waals surface area (Å²) in [6.07, 6.45) is 6.51. The van der Waals surface area contributed by atoms with Crippen molar-refractivity contribution in [2.45, 2.75) is 38.6 Å². The second-order valence-electron chi connectivity index (χ2n) is 6.72. The normalized spacial score (nSPS) is 16.8. The third-order valence-electron chi connectivity index (χ3n) is 4.78. The lowest BCUT2D eigenvalue weighted by atomic mass is 9.98. The molecule has 1 saturated heterocycles. The summed E-state index contributed by atoms with van der Waals surface area (Å²) in [6, 6.07) is 5.67. The number of imidazole rings is 1. The number of urea groups is 1. The number of benzene rings is 1. The number of piperidine rings is 1. The summed E-state index contributed by atoms with van der Waals surface area (Å²) in [5.41, 5.74) is 0.913. The highest BCUT2D eigenvalue weighted by Crippen LogP contribution is 2.31. The summed E-state index contributed by atoms with van der Waals surface area (Å²) in [5.74, 6) is 2.61. The van der Waals surface area contributed by atoms with Gasteiger partial charge in [-0.2, -0.15) is 0 Å². The zero-order chi connectivity index (χ0) is 19.1. The van der Waals surface area contributed by atoms with Crippen molar-refractivity contribution in [1.82, 2.24) is 20.2 Å². The monoisotopic (exact) mass is 372 g/mol. The zero-order valence-corrected chi connectivity index (χ0v) is 16.0. The van der Waals surface area contributed by atoms with Gasteiger partial charge in [-0.3, -0.25) is 0 Å². The average molecular weight is 372 g/mol. The molecule has 0 saturated carbocycles. The van der Waals surface area contributed by atoms with Crippen LogP contribution in [0.1, 0.15) is 43.5 Å². The lowest BCUT2D eigenvalue weighted by Crippen LogP contribution is -2.44. The molecule has 1 aliphatic rings. The number of aromatic nitrogens is 2. The van der Waals surface area contributed by atoms with Crippen molar-refractivity contribution in [2.24, 2.45) is 0 Å². The standard InChI is InChI=1S/C20H28N4O3/c1-3-12-27-18-15(6-4-8-17(18)26-2)13-23-20(25)24-11-5-7-16(14-24)19-21-9-10-22-19/h4,6,8-10,16H,3,5,7,11-14H2,1-2H3,(H,21,22)(H,23,25)/t16-/m0/s1. The molecule has 7 heteroatoms. The highest BCUT2D eigenvalue weighted by atomic mass is 16.5. The largest absolute Gasteiger partial charge is 0.493 e. The van der Waals surface area contributed by atoms with Crippen LogP contribution in [-0.2, 0) is 6.54 Å². The summed E-state index contributed by atoms with van der Waals surface area (Å²) >= 11 is 0. The van der Waals surface area contributed by atoms with E-state index in [2.05, 4.69) is 22.2 Å². The van der Waals surface area contributed by atoms with E-state index in [1.165, 1.54) is 0 Å². The number of likely N-dealkylation sites (tertiary alicyclic amines) is 1. The SMILES string of the molecule is CCCOc1c(CNC(=O)N2CCC[C@H](c3ncc[nH]3)C2)cccc1OC. The summed E-state index contributed by atoms with van der Waals surface area (Å²) in [6.45, 7) is 4.51. The fraction of sp³-hybridized carbons (Fsp3) is 0.500. The van der Waals surface area contributed by atoms with E-state index in [0.29, 0.717) is 31.2 Å². The van der Waals surface area contributed by atoms with E-state index in [4.69, 9.17) is 9.47 Å². The van der Waals surface area contributed by atoms with E-state index < -0.39 is 0 Å². The number of hydrogen-bond donors (Lipinski definition) is 2. The van der Waals surface area contributed by atoms with Gasteiger partial charge in [0.1, 0.15) is 5.82 Å². The third-order valence-corrected chi connectivity index (χ3v) is 4.78. The molecular weight excluding hydrogens is 344 g/mol. The molecule has 1 aliphatic heterocycles. The van der Waals surface area contributed by atoms with E-state index >= 15 is 0 Å². The Hall–Kier alpha value is -2.70. The quantitative estimate of drug-likeness (QED) is 0.782. The van der Waals surface area contributed by atoms with Crippen LogP contribution in [0.2, 0.25) is 0 Å². The maximum absolute atomic E-state index is 12.7. The number of amides is 2. The van der Waals surface area contributed by atoms with Crippen LogP contribution in [-0.4, -0.2) is 47.7 Å². The molecule has 1 aromatic heterocycles. The lowest BCUT2D eigenvalue weighted by Gasteiger charge is -2.32. The molecule has 2 N–H and O–H groups in total. The predicted octanol–water partition coefficient (Wildman–Crippen LogP) is 3.30. The Labute approximate surface area is 160 Å². The molecule has 3 rings (SSSR count). The van der Waals surface area contributed by atoms with E-state index in [1.54, 1.807) is 13.3 Å². The van der Waals surface area contributed by atoms with Crippen LogP contribution < -0.4 is 14.8 Å². The zero-order valence-electron chi connectivity index (χ0n) is 16.0. The number of nitrogens with zero attached hydrogens (tertiary/aromatic N) is 2. The number of para-hydroxylation sites is 1.